The Morgan fingerprint density at radius 1 is 1.10 bits per heavy atom. The number of nitrogen functional groups attached to an aromatic ring is 1. The van der Waals surface area contributed by atoms with Crippen molar-refractivity contribution in [3.8, 4) is 0 Å². The number of nitro groups is 1. The maximum Gasteiger partial charge on any atom is 0.417 e. The number of hydrogen-bond donors (Lipinski definition) is 1. The van der Waals surface area contributed by atoms with E-state index in [4.69, 9.17) is 5.73 Å². The zero-order valence-corrected chi connectivity index (χ0v) is 11.2. The topological polar surface area (TPSA) is 69.2 Å². The molecule has 0 unspecified atom stereocenters. The van der Waals surface area contributed by atoms with Gasteiger partial charge in [-0.15, -0.1) is 0 Å². The second-order valence-corrected chi connectivity index (χ2v) is 5.10. The molecule has 0 aliphatic carbocycles. The van der Waals surface area contributed by atoms with Gasteiger partial charge in [0.15, 0.2) is 0 Å². The van der Waals surface area contributed by atoms with E-state index in [2.05, 4.69) is 0 Å². The van der Waals surface area contributed by atoms with Gasteiger partial charge in [-0.3, -0.25) is 10.1 Å². The number of benzene rings is 2. The zero-order valence-electron chi connectivity index (χ0n) is 10.4. The number of nitrogens with two attached hydrogens (primary N) is 1. The quantitative estimate of drug-likeness (QED) is 0.519. The fraction of sp³-hybridized carbons (Fsp3) is 0.0769. The third kappa shape index (κ3) is 3.27. The number of nitro benzene ring substituents is 1. The number of alkyl halides is 3. The highest BCUT2D eigenvalue weighted by Gasteiger charge is 2.37. The Bertz CT molecular complexity index is 689. The monoisotopic (exact) mass is 314 g/mol. The second kappa shape index (κ2) is 5.65. The minimum absolute atomic E-state index is 0.258. The largest absolute Gasteiger partial charge is 0.417 e. The first-order chi connectivity index (χ1) is 9.80. The molecule has 2 aromatic carbocycles. The average Bonchev–Trinajstić information content (AvgIpc) is 2.40. The number of anilines is 1. The third-order valence-corrected chi connectivity index (χ3v) is 3.85. The van der Waals surface area contributed by atoms with Crippen LogP contribution in [0, 0.1) is 10.1 Å². The smallest absolute Gasteiger partial charge is 0.398 e. The maximum absolute atomic E-state index is 13.0. The Morgan fingerprint density at radius 3 is 2.33 bits per heavy atom. The van der Waals surface area contributed by atoms with E-state index in [0.717, 1.165) is 18.2 Å². The van der Waals surface area contributed by atoms with Crippen LogP contribution in [0.4, 0.5) is 24.5 Å². The Morgan fingerprint density at radius 2 is 1.76 bits per heavy atom. The Hall–Kier alpha value is -2.22. The molecule has 0 saturated carbocycles. The van der Waals surface area contributed by atoms with Crippen molar-refractivity contribution in [3.63, 3.8) is 0 Å². The number of para-hydroxylation sites is 1. The van der Waals surface area contributed by atoms with E-state index in [0.29, 0.717) is 16.7 Å². The highest BCUT2D eigenvalue weighted by atomic mass is 32.2. The van der Waals surface area contributed by atoms with Crippen LogP contribution in [0.1, 0.15) is 5.56 Å². The molecule has 0 heterocycles. The Labute approximate surface area is 121 Å². The fourth-order valence-corrected chi connectivity index (χ4v) is 2.78. The van der Waals surface area contributed by atoms with Crippen LogP contribution < -0.4 is 5.73 Å². The van der Waals surface area contributed by atoms with Gasteiger partial charge in [-0.2, -0.15) is 13.2 Å². The summed E-state index contributed by atoms with van der Waals surface area (Å²) in [4.78, 5) is 10.00. The molecule has 0 saturated heterocycles. The standard InChI is InChI=1S/C13H9F3N2O2S/c14-13(15,16)8-4-3-6-10(18(19)20)12(8)21-11-7-2-1-5-9(11)17/h1-7H,17H2. The lowest BCUT2D eigenvalue weighted by Crippen LogP contribution is -2.08. The van der Waals surface area contributed by atoms with Crippen LogP contribution in [0.15, 0.2) is 52.3 Å². The number of rotatable bonds is 3. The van der Waals surface area contributed by atoms with Gasteiger partial charge in [0, 0.05) is 16.6 Å². The molecular weight excluding hydrogens is 305 g/mol. The van der Waals surface area contributed by atoms with Gasteiger partial charge in [0.05, 0.1) is 10.5 Å². The lowest BCUT2D eigenvalue weighted by atomic mass is 10.2. The highest BCUT2D eigenvalue weighted by Crippen LogP contribution is 2.45. The Balaban J connectivity index is 2.60. The molecule has 2 N–H and O–H groups in total. The summed E-state index contributed by atoms with van der Waals surface area (Å²) in [6, 6.07) is 9.12. The molecule has 0 radical (unpaired) electrons. The van der Waals surface area contributed by atoms with Gasteiger partial charge in [0.1, 0.15) is 4.90 Å². The number of hydrogen-bond acceptors (Lipinski definition) is 4. The molecule has 0 atom stereocenters. The SMILES string of the molecule is Nc1ccccc1Sc1c([N+](=O)[O-])cccc1C(F)(F)F. The molecule has 8 heteroatoms. The minimum Gasteiger partial charge on any atom is -0.398 e. The van der Waals surface area contributed by atoms with Gasteiger partial charge in [0.2, 0.25) is 0 Å². The van der Waals surface area contributed by atoms with Crippen LogP contribution in [0.2, 0.25) is 0 Å². The molecule has 0 aromatic heterocycles. The minimum atomic E-state index is -4.68. The molecule has 21 heavy (non-hydrogen) atoms. The van der Waals surface area contributed by atoms with E-state index in [1.165, 1.54) is 12.1 Å². The summed E-state index contributed by atoms with van der Waals surface area (Å²) in [7, 11) is 0. The Kier molecular flexibility index (Phi) is 4.08. The molecule has 4 nitrogen and oxygen atoms in total. The van der Waals surface area contributed by atoms with Crippen LogP contribution in [-0.4, -0.2) is 4.92 Å². The molecule has 0 fully saturated rings. The van der Waals surface area contributed by atoms with E-state index < -0.39 is 27.2 Å². The van der Waals surface area contributed by atoms with E-state index in [1.54, 1.807) is 12.1 Å². The van der Waals surface area contributed by atoms with E-state index in [1.807, 2.05) is 0 Å². The summed E-state index contributed by atoms with van der Waals surface area (Å²) in [6.07, 6.45) is -4.68. The van der Waals surface area contributed by atoms with Gasteiger partial charge in [0.25, 0.3) is 5.69 Å². The fourth-order valence-electron chi connectivity index (χ4n) is 1.68. The normalized spacial score (nSPS) is 11.4. The molecule has 2 rings (SSSR count). The second-order valence-electron chi connectivity index (χ2n) is 4.05. The van der Waals surface area contributed by atoms with Crippen molar-refractivity contribution in [2.75, 3.05) is 5.73 Å². The van der Waals surface area contributed by atoms with Crippen LogP contribution in [0.3, 0.4) is 0 Å². The van der Waals surface area contributed by atoms with Gasteiger partial charge < -0.3 is 5.73 Å². The van der Waals surface area contributed by atoms with Gasteiger partial charge >= 0.3 is 6.18 Å². The van der Waals surface area contributed by atoms with Crippen LogP contribution in [0.5, 0.6) is 0 Å². The van der Waals surface area contributed by atoms with E-state index in [9.17, 15) is 23.3 Å². The first kappa shape index (κ1) is 15.2. The van der Waals surface area contributed by atoms with Gasteiger partial charge in [-0.1, -0.05) is 30.0 Å². The summed E-state index contributed by atoms with van der Waals surface area (Å²) >= 11 is 0.636. The highest BCUT2D eigenvalue weighted by molar-refractivity contribution is 7.99. The first-order valence-corrected chi connectivity index (χ1v) is 6.49. The third-order valence-electron chi connectivity index (χ3n) is 2.63. The van der Waals surface area contributed by atoms with Gasteiger partial charge in [-0.25, -0.2) is 0 Å². The van der Waals surface area contributed by atoms with Crippen molar-refractivity contribution >= 4 is 23.1 Å². The lowest BCUT2D eigenvalue weighted by molar-refractivity contribution is -0.388. The molecular formula is C13H9F3N2O2S. The average molecular weight is 314 g/mol. The molecule has 0 aliphatic rings. The molecule has 110 valence electrons. The summed E-state index contributed by atoms with van der Waals surface area (Å²) in [5, 5.41) is 11.0. The van der Waals surface area contributed by atoms with E-state index >= 15 is 0 Å². The van der Waals surface area contributed by atoms with Crippen LogP contribution in [0.25, 0.3) is 0 Å². The van der Waals surface area contributed by atoms with Crippen molar-refractivity contribution in [2.45, 2.75) is 16.0 Å². The van der Waals surface area contributed by atoms with Crippen LogP contribution >= 0.6 is 11.8 Å². The summed E-state index contributed by atoms with van der Waals surface area (Å²) in [5.74, 6) is 0. The number of nitrogens with zero attached hydrogens (tertiary/aromatic N) is 1. The van der Waals surface area contributed by atoms with Crippen molar-refractivity contribution in [3.05, 3.63) is 58.1 Å². The van der Waals surface area contributed by atoms with Crippen molar-refractivity contribution < 1.29 is 18.1 Å². The number of halogens is 3. The van der Waals surface area contributed by atoms with Crippen molar-refractivity contribution in [2.24, 2.45) is 0 Å². The summed E-state index contributed by atoms with van der Waals surface area (Å²) in [5.41, 5.74) is 4.29. The van der Waals surface area contributed by atoms with Crippen molar-refractivity contribution in [1.82, 2.24) is 0 Å². The maximum atomic E-state index is 13.0. The van der Waals surface area contributed by atoms with Crippen molar-refractivity contribution in [1.29, 1.82) is 0 Å². The van der Waals surface area contributed by atoms with E-state index in [-0.39, 0.29) is 5.69 Å². The molecule has 0 bridgehead atoms. The molecule has 0 amide bonds. The zero-order chi connectivity index (χ0) is 15.6. The van der Waals surface area contributed by atoms with Crippen LogP contribution in [-0.2, 0) is 6.18 Å². The lowest BCUT2D eigenvalue weighted by Gasteiger charge is -2.13. The molecule has 0 spiro atoms. The predicted octanol–water partition coefficient (Wildman–Crippen LogP) is 4.35. The molecule has 2 aromatic rings. The first-order valence-electron chi connectivity index (χ1n) is 5.67. The summed E-state index contributed by atoms with van der Waals surface area (Å²) in [6.45, 7) is 0. The summed E-state index contributed by atoms with van der Waals surface area (Å²) < 4.78 is 39.1. The predicted molar refractivity (Wildman–Crippen MR) is 73.1 cm³/mol. The van der Waals surface area contributed by atoms with Gasteiger partial charge in [-0.05, 0) is 18.2 Å². The molecule has 0 aliphatic heterocycles.